The van der Waals surface area contributed by atoms with Crippen LogP contribution in [0.3, 0.4) is 0 Å². The van der Waals surface area contributed by atoms with E-state index in [4.69, 9.17) is 0 Å². The SMILES string of the molecule is Cc1cccc(C(=O)Nc2ccc(N3CCNCC3)cn2)c1C.Cl. The fourth-order valence-corrected chi connectivity index (χ4v) is 2.75. The number of piperazine rings is 1. The summed E-state index contributed by atoms with van der Waals surface area (Å²) in [5.41, 5.74) is 3.90. The molecule has 0 aliphatic carbocycles. The van der Waals surface area contributed by atoms with Crippen LogP contribution in [0.25, 0.3) is 0 Å². The minimum atomic E-state index is -0.117. The molecular formula is C18H23ClN4O. The summed E-state index contributed by atoms with van der Waals surface area (Å²) in [5, 5.41) is 6.21. The highest BCUT2D eigenvalue weighted by Gasteiger charge is 2.13. The molecule has 0 spiro atoms. The standard InChI is InChI=1S/C18H22N4O.ClH/c1-13-4-3-5-16(14(13)2)18(23)21-17-7-6-15(12-20-17)22-10-8-19-9-11-22;/h3-7,12,19H,8-11H2,1-2H3,(H,20,21,23);1H. The summed E-state index contributed by atoms with van der Waals surface area (Å²) in [5.74, 6) is 0.461. The molecule has 0 unspecified atom stereocenters. The van der Waals surface area contributed by atoms with Gasteiger partial charge in [-0.1, -0.05) is 12.1 Å². The van der Waals surface area contributed by atoms with Gasteiger partial charge in [0.1, 0.15) is 5.82 Å². The van der Waals surface area contributed by atoms with Gasteiger partial charge in [0, 0.05) is 31.7 Å². The Kier molecular flexibility index (Phi) is 6.17. The molecule has 1 aliphatic rings. The number of hydrogen-bond acceptors (Lipinski definition) is 4. The van der Waals surface area contributed by atoms with Gasteiger partial charge in [0.15, 0.2) is 0 Å². The minimum Gasteiger partial charge on any atom is -0.368 e. The lowest BCUT2D eigenvalue weighted by Gasteiger charge is -2.29. The maximum absolute atomic E-state index is 12.4. The lowest BCUT2D eigenvalue weighted by molar-refractivity contribution is 0.102. The number of nitrogens with zero attached hydrogens (tertiary/aromatic N) is 2. The van der Waals surface area contributed by atoms with E-state index in [1.807, 2.05) is 50.4 Å². The smallest absolute Gasteiger partial charge is 0.257 e. The fraction of sp³-hybridized carbons (Fsp3) is 0.333. The topological polar surface area (TPSA) is 57.3 Å². The van der Waals surface area contributed by atoms with Crippen molar-refractivity contribution in [3.05, 3.63) is 53.2 Å². The average molecular weight is 347 g/mol. The van der Waals surface area contributed by atoms with Crippen molar-refractivity contribution in [3.63, 3.8) is 0 Å². The van der Waals surface area contributed by atoms with Crippen LogP contribution in [-0.2, 0) is 0 Å². The third-order valence-corrected chi connectivity index (χ3v) is 4.32. The molecule has 1 aromatic carbocycles. The lowest BCUT2D eigenvalue weighted by atomic mass is 10.0. The Bertz CT molecular complexity index is 697. The lowest BCUT2D eigenvalue weighted by Crippen LogP contribution is -2.43. The van der Waals surface area contributed by atoms with Crippen LogP contribution in [0.15, 0.2) is 36.5 Å². The molecular weight excluding hydrogens is 324 g/mol. The van der Waals surface area contributed by atoms with Crippen molar-refractivity contribution in [2.45, 2.75) is 13.8 Å². The number of carbonyl (C=O) groups is 1. The Morgan fingerprint density at radius 1 is 1.17 bits per heavy atom. The predicted octanol–water partition coefficient (Wildman–Crippen LogP) is 2.78. The van der Waals surface area contributed by atoms with Gasteiger partial charge < -0.3 is 15.5 Å². The molecule has 1 saturated heterocycles. The number of hydrogen-bond donors (Lipinski definition) is 2. The van der Waals surface area contributed by atoms with Gasteiger partial charge in [-0.3, -0.25) is 4.79 Å². The molecule has 2 heterocycles. The summed E-state index contributed by atoms with van der Waals surface area (Å²) >= 11 is 0. The van der Waals surface area contributed by atoms with Crippen LogP contribution in [0, 0.1) is 13.8 Å². The highest BCUT2D eigenvalue weighted by Crippen LogP contribution is 2.17. The first-order valence-corrected chi connectivity index (χ1v) is 7.94. The van der Waals surface area contributed by atoms with E-state index >= 15 is 0 Å². The molecule has 0 radical (unpaired) electrons. The van der Waals surface area contributed by atoms with E-state index in [-0.39, 0.29) is 18.3 Å². The molecule has 2 aromatic rings. The van der Waals surface area contributed by atoms with Crippen LogP contribution < -0.4 is 15.5 Å². The van der Waals surface area contributed by atoms with Gasteiger partial charge in [0.25, 0.3) is 5.91 Å². The van der Waals surface area contributed by atoms with Crippen molar-refractivity contribution in [2.24, 2.45) is 0 Å². The number of pyridine rings is 1. The van der Waals surface area contributed by atoms with Crippen molar-refractivity contribution < 1.29 is 4.79 Å². The number of anilines is 2. The largest absolute Gasteiger partial charge is 0.368 e. The number of benzene rings is 1. The minimum absolute atomic E-state index is 0. The third-order valence-electron chi connectivity index (χ3n) is 4.32. The zero-order valence-corrected chi connectivity index (χ0v) is 14.8. The van der Waals surface area contributed by atoms with E-state index in [1.54, 1.807) is 0 Å². The summed E-state index contributed by atoms with van der Waals surface area (Å²) in [6.45, 7) is 7.92. The molecule has 0 bridgehead atoms. The molecule has 128 valence electrons. The fourth-order valence-electron chi connectivity index (χ4n) is 2.75. The highest BCUT2D eigenvalue weighted by atomic mass is 35.5. The van der Waals surface area contributed by atoms with Gasteiger partial charge >= 0.3 is 0 Å². The van der Waals surface area contributed by atoms with E-state index in [0.29, 0.717) is 11.4 Å². The summed E-state index contributed by atoms with van der Waals surface area (Å²) < 4.78 is 0. The normalized spacial score (nSPS) is 14.0. The summed E-state index contributed by atoms with van der Waals surface area (Å²) in [6, 6.07) is 9.62. The van der Waals surface area contributed by atoms with Crippen molar-refractivity contribution in [2.75, 3.05) is 36.4 Å². The maximum Gasteiger partial charge on any atom is 0.257 e. The van der Waals surface area contributed by atoms with Crippen LogP contribution in [0.1, 0.15) is 21.5 Å². The van der Waals surface area contributed by atoms with Gasteiger partial charge in [0.2, 0.25) is 0 Å². The van der Waals surface area contributed by atoms with Crippen LogP contribution >= 0.6 is 12.4 Å². The number of nitrogens with one attached hydrogen (secondary N) is 2. The first kappa shape index (κ1) is 18.2. The van der Waals surface area contributed by atoms with Gasteiger partial charge in [-0.05, 0) is 43.2 Å². The first-order valence-electron chi connectivity index (χ1n) is 7.94. The van der Waals surface area contributed by atoms with Crippen LogP contribution in [0.2, 0.25) is 0 Å². The molecule has 1 aromatic heterocycles. The zero-order chi connectivity index (χ0) is 16.2. The number of amides is 1. The monoisotopic (exact) mass is 346 g/mol. The number of aryl methyl sites for hydroxylation is 1. The van der Waals surface area contributed by atoms with E-state index < -0.39 is 0 Å². The summed E-state index contributed by atoms with van der Waals surface area (Å²) in [7, 11) is 0. The predicted molar refractivity (Wildman–Crippen MR) is 100 cm³/mol. The highest BCUT2D eigenvalue weighted by molar-refractivity contribution is 6.05. The van der Waals surface area contributed by atoms with Gasteiger partial charge in [-0.15, -0.1) is 12.4 Å². The molecule has 0 atom stereocenters. The molecule has 6 heteroatoms. The molecule has 1 fully saturated rings. The molecule has 1 aliphatic heterocycles. The number of rotatable bonds is 3. The zero-order valence-electron chi connectivity index (χ0n) is 14.0. The summed E-state index contributed by atoms with van der Waals surface area (Å²) in [4.78, 5) is 19.1. The van der Waals surface area contributed by atoms with E-state index in [9.17, 15) is 4.79 Å². The van der Waals surface area contributed by atoms with Crippen LogP contribution in [0.5, 0.6) is 0 Å². The molecule has 24 heavy (non-hydrogen) atoms. The Balaban J connectivity index is 0.00000208. The van der Waals surface area contributed by atoms with Crippen LogP contribution in [-0.4, -0.2) is 37.1 Å². The van der Waals surface area contributed by atoms with Gasteiger partial charge in [-0.25, -0.2) is 4.98 Å². The Morgan fingerprint density at radius 3 is 2.58 bits per heavy atom. The number of aromatic nitrogens is 1. The molecule has 3 rings (SSSR count). The quantitative estimate of drug-likeness (QED) is 0.897. The summed E-state index contributed by atoms with van der Waals surface area (Å²) in [6.07, 6.45) is 1.82. The second kappa shape index (κ2) is 8.13. The first-order chi connectivity index (χ1) is 11.1. The van der Waals surface area contributed by atoms with Gasteiger partial charge in [0.05, 0.1) is 11.9 Å². The Labute approximate surface area is 148 Å². The van der Waals surface area contributed by atoms with Crippen molar-refractivity contribution in [1.82, 2.24) is 10.3 Å². The number of carbonyl (C=O) groups excluding carboxylic acids is 1. The van der Waals surface area contributed by atoms with Gasteiger partial charge in [-0.2, -0.15) is 0 Å². The second-order valence-electron chi connectivity index (χ2n) is 5.84. The van der Waals surface area contributed by atoms with E-state index in [2.05, 4.69) is 20.5 Å². The van der Waals surface area contributed by atoms with Crippen LogP contribution in [0.4, 0.5) is 11.5 Å². The average Bonchev–Trinajstić information content (AvgIpc) is 2.59. The van der Waals surface area contributed by atoms with Crippen molar-refractivity contribution in [3.8, 4) is 0 Å². The molecule has 5 nitrogen and oxygen atoms in total. The van der Waals surface area contributed by atoms with E-state index in [0.717, 1.165) is 43.0 Å². The molecule has 0 saturated carbocycles. The second-order valence-corrected chi connectivity index (χ2v) is 5.84. The molecule has 1 amide bonds. The number of halogens is 1. The Hall–Kier alpha value is -2.11. The third kappa shape index (κ3) is 4.04. The Morgan fingerprint density at radius 2 is 1.92 bits per heavy atom. The van der Waals surface area contributed by atoms with Crippen molar-refractivity contribution in [1.29, 1.82) is 0 Å². The van der Waals surface area contributed by atoms with E-state index in [1.165, 1.54) is 0 Å². The van der Waals surface area contributed by atoms with Crippen molar-refractivity contribution >= 4 is 29.8 Å². The maximum atomic E-state index is 12.4. The molecule has 2 N–H and O–H groups in total.